The number of rotatable bonds is 3. The summed E-state index contributed by atoms with van der Waals surface area (Å²) in [5, 5.41) is 15.8. The molecule has 0 amide bonds. The molecule has 1 N–H and O–H groups in total. The topological polar surface area (TPSA) is 79.4 Å². The van der Waals surface area contributed by atoms with E-state index in [1.54, 1.807) is 6.20 Å². The maximum absolute atomic E-state index is 8.66. The zero-order valence-electron chi connectivity index (χ0n) is 9.62. The second kappa shape index (κ2) is 4.72. The molecule has 0 radical (unpaired) electrons. The Bertz CT molecular complexity index is 553. The van der Waals surface area contributed by atoms with Gasteiger partial charge in [0.2, 0.25) is 0 Å². The van der Waals surface area contributed by atoms with E-state index in [1.807, 2.05) is 25.2 Å². The summed E-state index contributed by atoms with van der Waals surface area (Å²) in [4.78, 5) is 8.04. The van der Waals surface area contributed by atoms with Crippen LogP contribution in [0.2, 0.25) is 0 Å². The highest BCUT2D eigenvalue weighted by Crippen LogP contribution is 2.13. The van der Waals surface area contributed by atoms with Crippen molar-refractivity contribution in [3.05, 3.63) is 36.0 Å². The van der Waals surface area contributed by atoms with Crippen LogP contribution in [0.25, 0.3) is 5.82 Å². The van der Waals surface area contributed by atoms with E-state index in [4.69, 9.17) is 5.26 Å². The van der Waals surface area contributed by atoms with Crippen LogP contribution in [0.3, 0.4) is 0 Å². The van der Waals surface area contributed by atoms with Gasteiger partial charge in [-0.2, -0.15) is 5.26 Å². The molecule has 2 heterocycles. The number of aromatic nitrogens is 4. The lowest BCUT2D eigenvalue weighted by Gasteiger charge is -2.10. The summed E-state index contributed by atoms with van der Waals surface area (Å²) in [5.74, 6) is 0.789. The first-order valence-corrected chi connectivity index (χ1v) is 5.20. The third kappa shape index (κ3) is 2.29. The van der Waals surface area contributed by atoms with Crippen LogP contribution >= 0.6 is 0 Å². The van der Waals surface area contributed by atoms with Crippen LogP contribution in [0.1, 0.15) is 24.4 Å². The molecule has 2 aromatic rings. The van der Waals surface area contributed by atoms with Gasteiger partial charge in [-0.05, 0) is 31.7 Å². The molecular formula is C11H12N6. The van der Waals surface area contributed by atoms with Crippen molar-refractivity contribution in [2.75, 3.05) is 7.05 Å². The van der Waals surface area contributed by atoms with Crippen LogP contribution in [0, 0.1) is 11.3 Å². The Labute approximate surface area is 98.9 Å². The zero-order valence-corrected chi connectivity index (χ0v) is 9.62. The van der Waals surface area contributed by atoms with Crippen molar-refractivity contribution < 1.29 is 0 Å². The van der Waals surface area contributed by atoms with E-state index in [-0.39, 0.29) is 11.9 Å². The van der Waals surface area contributed by atoms with E-state index in [1.165, 1.54) is 11.0 Å². The highest BCUT2D eigenvalue weighted by Gasteiger charge is 2.07. The number of pyridine rings is 1. The van der Waals surface area contributed by atoms with Crippen LogP contribution in [-0.4, -0.2) is 26.8 Å². The van der Waals surface area contributed by atoms with Crippen molar-refractivity contribution in [1.29, 1.82) is 5.26 Å². The van der Waals surface area contributed by atoms with Crippen molar-refractivity contribution in [1.82, 2.24) is 25.1 Å². The van der Waals surface area contributed by atoms with Crippen molar-refractivity contribution in [2.24, 2.45) is 0 Å². The predicted octanol–water partition coefficient (Wildman–Crippen LogP) is 0.814. The molecule has 2 aromatic heterocycles. The van der Waals surface area contributed by atoms with Gasteiger partial charge in [0.05, 0.1) is 0 Å². The summed E-state index contributed by atoms with van der Waals surface area (Å²) in [6.45, 7) is 2.06. The standard InChI is InChI=1S/C11H12N6/c1-8(13-2)9-3-4-14-11(5-9)17-7-15-10(6-12)16-17/h3-5,7-8,13H,1-2H3. The lowest BCUT2D eigenvalue weighted by Crippen LogP contribution is -2.13. The van der Waals surface area contributed by atoms with Crippen LogP contribution in [0.5, 0.6) is 0 Å². The van der Waals surface area contributed by atoms with Crippen molar-refractivity contribution >= 4 is 0 Å². The first kappa shape index (κ1) is 11.2. The zero-order chi connectivity index (χ0) is 12.3. The van der Waals surface area contributed by atoms with Crippen LogP contribution < -0.4 is 5.32 Å². The van der Waals surface area contributed by atoms with Gasteiger partial charge in [-0.3, -0.25) is 0 Å². The van der Waals surface area contributed by atoms with Crippen molar-refractivity contribution in [3.8, 4) is 11.9 Å². The number of nitrogens with one attached hydrogen (secondary N) is 1. The van der Waals surface area contributed by atoms with E-state index < -0.39 is 0 Å². The van der Waals surface area contributed by atoms with Crippen molar-refractivity contribution in [2.45, 2.75) is 13.0 Å². The number of nitriles is 1. The Morgan fingerprint density at radius 2 is 2.29 bits per heavy atom. The van der Waals surface area contributed by atoms with Gasteiger partial charge in [-0.1, -0.05) is 0 Å². The summed E-state index contributed by atoms with van der Waals surface area (Å²) >= 11 is 0. The van der Waals surface area contributed by atoms with Crippen molar-refractivity contribution in [3.63, 3.8) is 0 Å². The Balaban J connectivity index is 2.36. The van der Waals surface area contributed by atoms with Gasteiger partial charge in [-0.25, -0.2) is 14.6 Å². The van der Waals surface area contributed by atoms with Crippen LogP contribution in [0.15, 0.2) is 24.7 Å². The van der Waals surface area contributed by atoms with E-state index in [2.05, 4.69) is 27.3 Å². The summed E-state index contributed by atoms with van der Waals surface area (Å²) < 4.78 is 1.49. The molecular weight excluding hydrogens is 216 g/mol. The summed E-state index contributed by atoms with van der Waals surface area (Å²) in [6.07, 6.45) is 3.20. The Kier molecular flexibility index (Phi) is 3.12. The molecule has 0 bridgehead atoms. The largest absolute Gasteiger partial charge is 0.313 e. The highest BCUT2D eigenvalue weighted by atomic mass is 15.4. The molecule has 1 unspecified atom stereocenters. The minimum absolute atomic E-state index is 0.138. The van der Waals surface area contributed by atoms with E-state index in [9.17, 15) is 0 Å². The van der Waals surface area contributed by atoms with Gasteiger partial charge in [0.1, 0.15) is 12.4 Å². The molecule has 0 saturated heterocycles. The second-order valence-corrected chi connectivity index (χ2v) is 3.58. The molecule has 0 aliphatic carbocycles. The smallest absolute Gasteiger partial charge is 0.252 e. The summed E-state index contributed by atoms with van der Waals surface area (Å²) in [5.41, 5.74) is 1.10. The molecule has 17 heavy (non-hydrogen) atoms. The first-order chi connectivity index (χ1) is 8.24. The van der Waals surface area contributed by atoms with Gasteiger partial charge >= 0.3 is 0 Å². The van der Waals surface area contributed by atoms with Gasteiger partial charge < -0.3 is 5.32 Å². The first-order valence-electron chi connectivity index (χ1n) is 5.20. The third-order valence-electron chi connectivity index (χ3n) is 2.53. The Morgan fingerprint density at radius 3 is 2.94 bits per heavy atom. The third-order valence-corrected chi connectivity index (χ3v) is 2.53. The average Bonchev–Trinajstić information content (AvgIpc) is 2.86. The van der Waals surface area contributed by atoms with Gasteiger partial charge in [0.15, 0.2) is 5.82 Å². The number of nitrogens with zero attached hydrogens (tertiary/aromatic N) is 5. The Morgan fingerprint density at radius 1 is 1.47 bits per heavy atom. The van der Waals surface area contributed by atoms with E-state index in [0.717, 1.165) is 5.56 Å². The van der Waals surface area contributed by atoms with E-state index >= 15 is 0 Å². The monoisotopic (exact) mass is 228 g/mol. The Hall–Kier alpha value is -2.26. The molecule has 6 nitrogen and oxygen atoms in total. The summed E-state index contributed by atoms with van der Waals surface area (Å²) in [6, 6.07) is 5.97. The van der Waals surface area contributed by atoms with E-state index in [0.29, 0.717) is 5.82 Å². The molecule has 0 spiro atoms. The molecule has 0 aliphatic heterocycles. The molecule has 86 valence electrons. The highest BCUT2D eigenvalue weighted by molar-refractivity contribution is 5.28. The fourth-order valence-corrected chi connectivity index (χ4v) is 1.42. The van der Waals surface area contributed by atoms with Crippen LogP contribution in [-0.2, 0) is 0 Å². The minimum Gasteiger partial charge on any atom is -0.313 e. The molecule has 1 atom stereocenters. The fourth-order valence-electron chi connectivity index (χ4n) is 1.42. The van der Waals surface area contributed by atoms with Gasteiger partial charge in [-0.15, -0.1) is 5.10 Å². The predicted molar refractivity (Wildman–Crippen MR) is 61.3 cm³/mol. The molecule has 0 fully saturated rings. The number of hydrogen-bond donors (Lipinski definition) is 1. The SMILES string of the molecule is CNC(C)c1ccnc(-n2cnc(C#N)n2)c1. The lowest BCUT2D eigenvalue weighted by atomic mass is 10.1. The quantitative estimate of drug-likeness (QED) is 0.841. The lowest BCUT2D eigenvalue weighted by molar-refractivity contribution is 0.649. The summed E-state index contributed by atoms with van der Waals surface area (Å²) in [7, 11) is 1.90. The van der Waals surface area contributed by atoms with Gasteiger partial charge in [0.25, 0.3) is 5.82 Å². The fraction of sp³-hybridized carbons (Fsp3) is 0.273. The molecule has 0 aromatic carbocycles. The minimum atomic E-state index is 0.138. The maximum Gasteiger partial charge on any atom is 0.252 e. The average molecular weight is 228 g/mol. The van der Waals surface area contributed by atoms with Gasteiger partial charge in [0, 0.05) is 12.2 Å². The van der Waals surface area contributed by atoms with Crippen LogP contribution in [0.4, 0.5) is 0 Å². The normalized spacial score (nSPS) is 12.1. The molecule has 6 heteroatoms. The number of hydrogen-bond acceptors (Lipinski definition) is 5. The second-order valence-electron chi connectivity index (χ2n) is 3.58. The maximum atomic E-state index is 8.66. The molecule has 0 aliphatic rings. The molecule has 0 saturated carbocycles. The molecule has 2 rings (SSSR count).